The zero-order chi connectivity index (χ0) is 24.4. The Balaban J connectivity index is 0.000000237. The number of carbonyl (C=O) groups is 1. The molecule has 10 nitrogen and oxygen atoms in total. The number of benzene rings is 1. The molecule has 12 heteroatoms. The first-order valence-electron chi connectivity index (χ1n) is 10.4. The van der Waals surface area contributed by atoms with Crippen LogP contribution in [-0.2, 0) is 24.3 Å². The molecule has 2 heterocycles. The lowest BCUT2D eigenvalue weighted by Crippen LogP contribution is -2.36. The largest absolute Gasteiger partial charge is 0.383 e. The second kappa shape index (κ2) is 12.8. The number of amides is 1. The molecule has 1 amide bonds. The van der Waals surface area contributed by atoms with Gasteiger partial charge in [0.25, 0.3) is 10.0 Å². The molecule has 0 spiro atoms. The fourth-order valence-electron chi connectivity index (χ4n) is 2.94. The average molecular weight is 500 g/mol. The summed E-state index contributed by atoms with van der Waals surface area (Å²) in [7, 11) is 3.29. The predicted molar refractivity (Wildman–Crippen MR) is 132 cm³/mol. The van der Waals surface area contributed by atoms with Crippen LogP contribution >= 0.6 is 11.3 Å². The number of aromatic nitrogens is 1. The topological polar surface area (TPSA) is 104 Å². The summed E-state index contributed by atoms with van der Waals surface area (Å²) < 4.78 is 36.4. The molecule has 33 heavy (non-hydrogen) atoms. The number of ether oxygens (including phenoxy) is 2. The van der Waals surface area contributed by atoms with Crippen LogP contribution in [0.2, 0.25) is 0 Å². The highest BCUT2D eigenvalue weighted by atomic mass is 32.2. The number of sulfonamides is 1. The van der Waals surface area contributed by atoms with Gasteiger partial charge in [0.15, 0.2) is 9.34 Å². The number of thiazole rings is 1. The normalized spacial score (nSPS) is 13.9. The highest BCUT2D eigenvalue weighted by Crippen LogP contribution is 2.30. The number of aryl methyl sites for hydroxylation is 1. The average Bonchev–Trinajstić information content (AvgIpc) is 3.22. The summed E-state index contributed by atoms with van der Waals surface area (Å²) >= 11 is 1.18. The summed E-state index contributed by atoms with van der Waals surface area (Å²) in [6, 6.07) is 7.83. The van der Waals surface area contributed by atoms with E-state index in [-0.39, 0.29) is 0 Å². The van der Waals surface area contributed by atoms with Gasteiger partial charge in [-0.2, -0.15) is 4.31 Å². The summed E-state index contributed by atoms with van der Waals surface area (Å²) in [5.74, 6) is 0. The Labute approximate surface area is 200 Å². The van der Waals surface area contributed by atoms with Gasteiger partial charge in [-0.1, -0.05) is 11.3 Å². The SMILES string of the molecule is COCCN(C)S(=O)(=O)c1sc(N(C)C)nc1C.O=CNc1ccc(N2CCOCC2)cc1. The molecule has 1 N–H and O–H groups in total. The Bertz CT molecular complexity index is 973. The van der Waals surface area contributed by atoms with Gasteiger partial charge in [0.2, 0.25) is 6.41 Å². The summed E-state index contributed by atoms with van der Waals surface area (Å²) in [6.45, 7) is 5.84. The summed E-state index contributed by atoms with van der Waals surface area (Å²) in [5, 5.41) is 3.30. The van der Waals surface area contributed by atoms with Crippen LogP contribution in [-0.4, -0.2) is 91.8 Å². The number of nitrogens with zero attached hydrogens (tertiary/aromatic N) is 4. The van der Waals surface area contributed by atoms with Crippen LogP contribution in [0.1, 0.15) is 5.69 Å². The summed E-state index contributed by atoms with van der Waals surface area (Å²) in [5.41, 5.74) is 2.53. The zero-order valence-electron chi connectivity index (χ0n) is 19.8. The van der Waals surface area contributed by atoms with E-state index in [0.29, 0.717) is 34.6 Å². The minimum absolute atomic E-state index is 0.296. The molecular weight excluding hydrogens is 466 g/mol. The van der Waals surface area contributed by atoms with E-state index in [1.165, 1.54) is 21.3 Å². The Morgan fingerprint density at radius 1 is 1.21 bits per heavy atom. The summed E-state index contributed by atoms with van der Waals surface area (Å²) in [6.07, 6.45) is 0.684. The first-order chi connectivity index (χ1) is 15.7. The maximum absolute atomic E-state index is 12.3. The molecule has 184 valence electrons. The lowest BCUT2D eigenvalue weighted by Gasteiger charge is -2.28. The van der Waals surface area contributed by atoms with E-state index in [1.54, 1.807) is 26.0 Å². The van der Waals surface area contributed by atoms with E-state index in [2.05, 4.69) is 15.2 Å². The number of likely N-dealkylation sites (N-methyl/N-ethyl adjacent to an activating group) is 1. The molecule has 0 aliphatic carbocycles. The van der Waals surface area contributed by atoms with Crippen LogP contribution < -0.4 is 15.1 Å². The van der Waals surface area contributed by atoms with Crippen molar-refractivity contribution in [3.63, 3.8) is 0 Å². The van der Waals surface area contributed by atoms with Gasteiger partial charge in [0, 0.05) is 59.3 Å². The smallest absolute Gasteiger partial charge is 0.254 e. The zero-order valence-corrected chi connectivity index (χ0v) is 21.4. The van der Waals surface area contributed by atoms with Gasteiger partial charge in [-0.05, 0) is 31.2 Å². The molecular formula is C21H33N5O5S2. The lowest BCUT2D eigenvalue weighted by atomic mass is 10.2. The number of anilines is 3. The van der Waals surface area contributed by atoms with Crippen molar-refractivity contribution in [1.82, 2.24) is 9.29 Å². The second-order valence-electron chi connectivity index (χ2n) is 7.49. The van der Waals surface area contributed by atoms with E-state index in [9.17, 15) is 13.2 Å². The van der Waals surface area contributed by atoms with Crippen LogP contribution in [0.3, 0.4) is 0 Å². The fraction of sp³-hybridized carbons (Fsp3) is 0.524. The van der Waals surface area contributed by atoms with E-state index >= 15 is 0 Å². The van der Waals surface area contributed by atoms with Crippen molar-refractivity contribution in [3.05, 3.63) is 30.0 Å². The van der Waals surface area contributed by atoms with Gasteiger partial charge in [0.05, 0.1) is 25.5 Å². The molecule has 1 aromatic carbocycles. The van der Waals surface area contributed by atoms with Crippen molar-refractivity contribution in [2.24, 2.45) is 0 Å². The number of hydrogen-bond acceptors (Lipinski definition) is 9. The quantitative estimate of drug-likeness (QED) is 0.522. The van der Waals surface area contributed by atoms with Crippen LogP contribution in [0.5, 0.6) is 0 Å². The van der Waals surface area contributed by atoms with Gasteiger partial charge >= 0.3 is 0 Å². The van der Waals surface area contributed by atoms with Crippen LogP contribution in [0.15, 0.2) is 28.5 Å². The van der Waals surface area contributed by atoms with E-state index in [0.717, 1.165) is 32.0 Å². The molecule has 3 rings (SSSR count). The Morgan fingerprint density at radius 2 is 1.85 bits per heavy atom. The second-order valence-corrected chi connectivity index (χ2v) is 10.7. The van der Waals surface area contributed by atoms with E-state index in [4.69, 9.17) is 9.47 Å². The highest BCUT2D eigenvalue weighted by Gasteiger charge is 2.26. The molecule has 0 atom stereocenters. The van der Waals surface area contributed by atoms with Crippen molar-refractivity contribution < 1.29 is 22.7 Å². The summed E-state index contributed by atoms with van der Waals surface area (Å²) in [4.78, 5) is 18.5. The van der Waals surface area contributed by atoms with Crippen molar-refractivity contribution in [3.8, 4) is 0 Å². The van der Waals surface area contributed by atoms with Crippen molar-refractivity contribution in [1.29, 1.82) is 0 Å². The third kappa shape index (κ3) is 7.64. The third-order valence-corrected chi connectivity index (χ3v) is 8.62. The predicted octanol–water partition coefficient (Wildman–Crippen LogP) is 1.88. The fourth-order valence-corrected chi connectivity index (χ4v) is 5.71. The van der Waals surface area contributed by atoms with Gasteiger partial charge in [-0.25, -0.2) is 13.4 Å². The number of morpholine rings is 1. The van der Waals surface area contributed by atoms with Gasteiger partial charge < -0.3 is 24.6 Å². The maximum Gasteiger partial charge on any atom is 0.254 e. The van der Waals surface area contributed by atoms with E-state index < -0.39 is 10.0 Å². The molecule has 1 saturated heterocycles. The molecule has 0 radical (unpaired) electrons. The Kier molecular flexibility index (Phi) is 10.5. The number of nitrogens with one attached hydrogen (secondary N) is 1. The molecule has 1 aromatic heterocycles. The maximum atomic E-state index is 12.3. The minimum Gasteiger partial charge on any atom is -0.383 e. The van der Waals surface area contributed by atoms with Gasteiger partial charge in [0.1, 0.15) is 0 Å². The highest BCUT2D eigenvalue weighted by molar-refractivity contribution is 7.91. The lowest BCUT2D eigenvalue weighted by molar-refractivity contribution is -0.105. The van der Waals surface area contributed by atoms with Crippen molar-refractivity contribution in [2.45, 2.75) is 11.1 Å². The van der Waals surface area contributed by atoms with Crippen molar-refractivity contribution >= 4 is 44.3 Å². The van der Waals surface area contributed by atoms with Gasteiger partial charge in [-0.15, -0.1) is 0 Å². The molecule has 1 aliphatic rings. The first kappa shape index (κ1) is 27.0. The van der Waals surface area contributed by atoms with Crippen molar-refractivity contribution in [2.75, 3.05) is 82.8 Å². The van der Waals surface area contributed by atoms with E-state index in [1.807, 2.05) is 38.4 Å². The Hall–Kier alpha value is -2.25. The molecule has 1 fully saturated rings. The van der Waals surface area contributed by atoms with Crippen LogP contribution in [0.25, 0.3) is 0 Å². The first-order valence-corrected chi connectivity index (χ1v) is 12.7. The number of methoxy groups -OCH3 is 1. The standard InChI is InChI=1S/C11H14N2O2.C10H19N3O3S2/c14-9-12-10-1-3-11(4-2-10)13-5-7-15-8-6-13;1-8-9(17-10(11-8)12(2)3)18(14,15)13(4)6-7-16-5/h1-4,9H,5-8H2,(H,12,14);6-7H2,1-5H3. The number of hydrogen-bond donors (Lipinski definition) is 1. The third-order valence-electron chi connectivity index (χ3n) is 4.85. The molecule has 1 aliphatic heterocycles. The minimum atomic E-state index is -3.47. The molecule has 0 saturated carbocycles. The van der Waals surface area contributed by atoms with Crippen LogP contribution in [0, 0.1) is 6.92 Å². The monoisotopic (exact) mass is 499 g/mol. The Morgan fingerprint density at radius 3 is 2.36 bits per heavy atom. The molecule has 0 bridgehead atoms. The van der Waals surface area contributed by atoms with Crippen LogP contribution in [0.4, 0.5) is 16.5 Å². The number of carbonyl (C=O) groups excluding carboxylic acids is 1. The van der Waals surface area contributed by atoms with Gasteiger partial charge in [-0.3, -0.25) is 4.79 Å². The number of rotatable bonds is 9. The molecule has 2 aromatic rings. The molecule has 0 unspecified atom stereocenters.